The molecule has 6 heteroatoms. The Morgan fingerprint density at radius 3 is 2.33 bits per heavy atom. The van der Waals surface area contributed by atoms with Crippen molar-refractivity contribution in [2.45, 2.75) is 32.7 Å². The van der Waals surface area contributed by atoms with E-state index in [2.05, 4.69) is 0 Å². The van der Waals surface area contributed by atoms with Crippen molar-refractivity contribution in [3.05, 3.63) is 0 Å². The van der Waals surface area contributed by atoms with Gasteiger partial charge in [-0.25, -0.2) is 8.42 Å². The Hall–Kier alpha value is -0.620. The summed E-state index contributed by atoms with van der Waals surface area (Å²) in [4.78, 5) is 10.4. The normalized spacial score (nSPS) is 17.3. The van der Waals surface area contributed by atoms with Gasteiger partial charge in [0.2, 0.25) is 10.0 Å². The van der Waals surface area contributed by atoms with Crippen molar-refractivity contribution in [1.82, 2.24) is 4.31 Å². The summed E-state index contributed by atoms with van der Waals surface area (Å²) in [5, 5.41) is 8.53. The van der Waals surface area contributed by atoms with Crippen LogP contribution in [0.3, 0.4) is 0 Å². The maximum absolute atomic E-state index is 11.7. The highest BCUT2D eigenvalue weighted by molar-refractivity contribution is 7.89. The SMILES string of the molecule is CC(C)CN(C1CC1)S(=O)(=O)CC(=O)O. The number of hydrogen-bond acceptors (Lipinski definition) is 3. The van der Waals surface area contributed by atoms with Crippen LogP contribution in [0.5, 0.6) is 0 Å². The summed E-state index contributed by atoms with van der Waals surface area (Å²) in [6.07, 6.45) is 1.71. The van der Waals surface area contributed by atoms with Gasteiger partial charge in [-0.05, 0) is 18.8 Å². The van der Waals surface area contributed by atoms with Crippen LogP contribution in [0.15, 0.2) is 0 Å². The molecule has 0 aromatic carbocycles. The predicted molar refractivity (Wildman–Crippen MR) is 56.0 cm³/mol. The molecule has 1 N–H and O–H groups in total. The van der Waals surface area contributed by atoms with Crippen LogP contribution in [0.25, 0.3) is 0 Å². The zero-order valence-electron chi connectivity index (χ0n) is 9.01. The first-order valence-corrected chi connectivity index (χ1v) is 6.65. The standard InChI is InChI=1S/C9H17NO4S/c1-7(2)5-10(8-3-4-8)15(13,14)6-9(11)12/h7-8H,3-6H2,1-2H3,(H,11,12). The van der Waals surface area contributed by atoms with E-state index in [1.54, 1.807) is 0 Å². The third-order valence-electron chi connectivity index (χ3n) is 2.16. The van der Waals surface area contributed by atoms with Crippen LogP contribution in [0, 0.1) is 5.92 Å². The molecule has 1 rings (SSSR count). The number of sulfonamides is 1. The van der Waals surface area contributed by atoms with Gasteiger partial charge in [-0.2, -0.15) is 4.31 Å². The lowest BCUT2D eigenvalue weighted by molar-refractivity contribution is -0.134. The molecule has 1 fully saturated rings. The molecule has 0 unspecified atom stereocenters. The number of aliphatic carboxylic acids is 1. The molecule has 88 valence electrons. The zero-order chi connectivity index (χ0) is 11.6. The molecule has 0 amide bonds. The molecular formula is C9H17NO4S. The first-order chi connectivity index (χ1) is 6.83. The fraction of sp³-hybridized carbons (Fsp3) is 0.889. The topological polar surface area (TPSA) is 74.7 Å². The highest BCUT2D eigenvalue weighted by Gasteiger charge is 2.38. The molecule has 0 atom stereocenters. The van der Waals surface area contributed by atoms with Crippen LogP contribution in [-0.2, 0) is 14.8 Å². The van der Waals surface area contributed by atoms with E-state index in [0.717, 1.165) is 12.8 Å². The third-order valence-corrected chi connectivity index (χ3v) is 3.94. The summed E-state index contributed by atoms with van der Waals surface area (Å²) >= 11 is 0. The van der Waals surface area contributed by atoms with Gasteiger partial charge in [-0.3, -0.25) is 4.79 Å². The van der Waals surface area contributed by atoms with Crippen LogP contribution in [0.4, 0.5) is 0 Å². The van der Waals surface area contributed by atoms with Crippen molar-refractivity contribution in [3.63, 3.8) is 0 Å². The maximum Gasteiger partial charge on any atom is 0.320 e. The molecule has 0 spiro atoms. The number of carbonyl (C=O) groups is 1. The van der Waals surface area contributed by atoms with E-state index in [1.165, 1.54) is 4.31 Å². The largest absolute Gasteiger partial charge is 0.480 e. The second-order valence-corrected chi connectivity index (χ2v) is 6.27. The van der Waals surface area contributed by atoms with Crippen molar-refractivity contribution < 1.29 is 18.3 Å². The van der Waals surface area contributed by atoms with E-state index in [-0.39, 0.29) is 12.0 Å². The van der Waals surface area contributed by atoms with Crippen LogP contribution in [0.1, 0.15) is 26.7 Å². The van der Waals surface area contributed by atoms with E-state index in [4.69, 9.17) is 5.11 Å². The average Bonchev–Trinajstić information content (AvgIpc) is 2.79. The average molecular weight is 235 g/mol. The lowest BCUT2D eigenvalue weighted by atomic mass is 10.2. The van der Waals surface area contributed by atoms with Gasteiger partial charge in [0.25, 0.3) is 0 Å². The van der Waals surface area contributed by atoms with Crippen LogP contribution < -0.4 is 0 Å². The Labute approximate surface area is 90.1 Å². The minimum absolute atomic E-state index is 0.0387. The summed E-state index contributed by atoms with van der Waals surface area (Å²) in [5.41, 5.74) is 0. The minimum atomic E-state index is -3.62. The fourth-order valence-electron chi connectivity index (χ4n) is 1.45. The molecule has 1 aliphatic rings. The Balaban J connectivity index is 2.74. The molecule has 0 heterocycles. The van der Waals surface area contributed by atoms with Gasteiger partial charge in [0.15, 0.2) is 5.75 Å². The van der Waals surface area contributed by atoms with Crippen LogP contribution >= 0.6 is 0 Å². The van der Waals surface area contributed by atoms with Crippen LogP contribution in [0.2, 0.25) is 0 Å². The summed E-state index contributed by atoms with van der Waals surface area (Å²) in [6, 6.07) is 0.0387. The molecule has 0 saturated heterocycles. The number of carboxylic acid groups (broad SMARTS) is 1. The lowest BCUT2D eigenvalue weighted by Crippen LogP contribution is -2.39. The van der Waals surface area contributed by atoms with Crippen molar-refractivity contribution in [2.24, 2.45) is 5.92 Å². The van der Waals surface area contributed by atoms with Gasteiger partial charge >= 0.3 is 5.97 Å². The Morgan fingerprint density at radius 1 is 1.47 bits per heavy atom. The number of nitrogens with zero attached hydrogens (tertiary/aromatic N) is 1. The highest BCUT2D eigenvalue weighted by atomic mass is 32.2. The minimum Gasteiger partial charge on any atom is -0.480 e. The molecule has 1 aliphatic carbocycles. The van der Waals surface area contributed by atoms with Gasteiger partial charge in [0.05, 0.1) is 0 Å². The van der Waals surface area contributed by atoms with Crippen molar-refractivity contribution in [3.8, 4) is 0 Å². The van der Waals surface area contributed by atoms with Gasteiger partial charge in [0.1, 0.15) is 0 Å². The van der Waals surface area contributed by atoms with E-state index in [1.807, 2.05) is 13.8 Å². The summed E-state index contributed by atoms with van der Waals surface area (Å²) < 4.78 is 24.8. The van der Waals surface area contributed by atoms with Crippen molar-refractivity contribution >= 4 is 16.0 Å². The van der Waals surface area contributed by atoms with Crippen molar-refractivity contribution in [2.75, 3.05) is 12.3 Å². The molecule has 0 radical (unpaired) electrons. The van der Waals surface area contributed by atoms with E-state index in [0.29, 0.717) is 6.54 Å². The highest BCUT2D eigenvalue weighted by Crippen LogP contribution is 2.30. The summed E-state index contributed by atoms with van der Waals surface area (Å²) in [6.45, 7) is 4.26. The van der Waals surface area contributed by atoms with Gasteiger partial charge in [-0.1, -0.05) is 13.8 Å². The zero-order valence-corrected chi connectivity index (χ0v) is 9.83. The Morgan fingerprint density at radius 2 is 2.00 bits per heavy atom. The lowest BCUT2D eigenvalue weighted by Gasteiger charge is -2.22. The van der Waals surface area contributed by atoms with Crippen LogP contribution in [-0.4, -0.2) is 42.1 Å². The Kier molecular flexibility index (Phi) is 3.72. The molecule has 0 aromatic heterocycles. The summed E-state index contributed by atoms with van der Waals surface area (Å²) in [5.74, 6) is -1.87. The molecule has 0 bridgehead atoms. The van der Waals surface area contributed by atoms with E-state index >= 15 is 0 Å². The first-order valence-electron chi connectivity index (χ1n) is 5.04. The predicted octanol–water partition coefficient (Wildman–Crippen LogP) is 0.521. The molecule has 5 nitrogen and oxygen atoms in total. The monoisotopic (exact) mass is 235 g/mol. The summed E-state index contributed by atoms with van der Waals surface area (Å²) in [7, 11) is -3.62. The smallest absolute Gasteiger partial charge is 0.320 e. The molecular weight excluding hydrogens is 218 g/mol. The fourth-order valence-corrected chi connectivity index (χ4v) is 3.12. The molecule has 1 saturated carbocycles. The second kappa shape index (κ2) is 4.49. The van der Waals surface area contributed by atoms with Gasteiger partial charge < -0.3 is 5.11 Å². The molecule has 15 heavy (non-hydrogen) atoms. The van der Waals surface area contributed by atoms with Crippen molar-refractivity contribution in [1.29, 1.82) is 0 Å². The van der Waals surface area contributed by atoms with E-state index < -0.39 is 21.7 Å². The quantitative estimate of drug-likeness (QED) is 0.728. The third kappa shape index (κ3) is 3.79. The first kappa shape index (κ1) is 12.4. The number of carboxylic acids is 1. The van der Waals surface area contributed by atoms with Gasteiger partial charge in [-0.15, -0.1) is 0 Å². The van der Waals surface area contributed by atoms with E-state index in [9.17, 15) is 13.2 Å². The number of rotatable bonds is 6. The van der Waals surface area contributed by atoms with Gasteiger partial charge in [0, 0.05) is 12.6 Å². The molecule has 0 aliphatic heterocycles. The second-order valence-electron chi connectivity index (χ2n) is 4.34. The molecule has 0 aromatic rings. The maximum atomic E-state index is 11.7. The Bertz CT molecular complexity index is 332. The number of hydrogen-bond donors (Lipinski definition) is 1.